The summed E-state index contributed by atoms with van der Waals surface area (Å²) < 4.78 is 34.6. The Bertz CT molecular complexity index is 1750. The first-order chi connectivity index (χ1) is 38.5. The highest BCUT2D eigenvalue weighted by molar-refractivity contribution is 7.47. The first-order valence-electron chi connectivity index (χ1n) is 31.8. The summed E-state index contributed by atoms with van der Waals surface area (Å²) in [5.74, 6) is -0.806. The fourth-order valence-corrected chi connectivity index (χ4v) is 9.14. The van der Waals surface area contributed by atoms with Gasteiger partial charge in [-0.3, -0.25) is 18.6 Å². The van der Waals surface area contributed by atoms with Crippen molar-refractivity contribution in [3.05, 3.63) is 122 Å². The number of carbonyl (C=O) groups is 2. The number of allylic oxidation sites excluding steroid dienone is 20. The van der Waals surface area contributed by atoms with Gasteiger partial charge < -0.3 is 18.9 Å². The number of hydrogen-bond acceptors (Lipinski definition) is 7. The Balaban J connectivity index is 4.12. The number of rotatable bonds is 57. The number of ether oxygens (including phenoxy) is 2. The molecule has 79 heavy (non-hydrogen) atoms. The van der Waals surface area contributed by atoms with Crippen molar-refractivity contribution in [2.45, 2.75) is 258 Å². The number of carbonyl (C=O) groups excluding carboxylic acids is 2. The molecule has 0 radical (unpaired) electrons. The number of quaternary nitrogens is 1. The van der Waals surface area contributed by atoms with E-state index in [1.807, 2.05) is 21.1 Å². The minimum absolute atomic E-state index is 0.0260. The molecule has 0 heterocycles. The van der Waals surface area contributed by atoms with E-state index in [1.165, 1.54) is 109 Å². The van der Waals surface area contributed by atoms with Gasteiger partial charge in [0.25, 0.3) is 0 Å². The number of esters is 2. The van der Waals surface area contributed by atoms with Gasteiger partial charge in [0.1, 0.15) is 19.8 Å². The van der Waals surface area contributed by atoms with Crippen molar-refractivity contribution in [3.63, 3.8) is 0 Å². The van der Waals surface area contributed by atoms with E-state index < -0.39 is 26.5 Å². The van der Waals surface area contributed by atoms with Crippen LogP contribution < -0.4 is 0 Å². The summed E-state index contributed by atoms with van der Waals surface area (Å²) in [6, 6.07) is 0. The Morgan fingerprint density at radius 1 is 0.405 bits per heavy atom. The second-order valence-electron chi connectivity index (χ2n) is 22.1. The molecule has 10 heteroatoms. The van der Waals surface area contributed by atoms with Gasteiger partial charge in [-0.2, -0.15) is 0 Å². The maximum Gasteiger partial charge on any atom is 0.472 e. The SMILES string of the molecule is CC/C=C\C/C=C\C/C=C\C/C=C\C/C=C\C/C=C\C/C=C\C/C=C\C/C=C\C/C=C\CCCCCCCCCCC(=O)OC(COC(=O)CCCCCCCCCCCCCCCCCC)COP(=O)(O)OCC[N+](C)(C)C. The number of phosphoric acid groups is 1. The van der Waals surface area contributed by atoms with Crippen molar-refractivity contribution < 1.29 is 42.1 Å². The smallest absolute Gasteiger partial charge is 0.462 e. The molecule has 0 aromatic rings. The summed E-state index contributed by atoms with van der Waals surface area (Å²) in [6.45, 7) is 4.32. The Hall–Kier alpha value is -3.59. The van der Waals surface area contributed by atoms with Crippen molar-refractivity contribution >= 4 is 19.8 Å². The van der Waals surface area contributed by atoms with Crippen molar-refractivity contribution in [1.82, 2.24) is 0 Å². The van der Waals surface area contributed by atoms with Crippen LogP contribution in [-0.4, -0.2) is 74.9 Å². The third-order valence-corrected chi connectivity index (χ3v) is 14.2. The van der Waals surface area contributed by atoms with E-state index in [4.69, 9.17) is 18.5 Å². The first kappa shape index (κ1) is 75.4. The average Bonchev–Trinajstić information content (AvgIpc) is 3.41. The van der Waals surface area contributed by atoms with E-state index in [9.17, 15) is 19.0 Å². The van der Waals surface area contributed by atoms with Crippen LogP contribution in [0.15, 0.2) is 122 Å². The van der Waals surface area contributed by atoms with Gasteiger partial charge >= 0.3 is 19.8 Å². The molecule has 0 aliphatic heterocycles. The quantitative estimate of drug-likeness (QED) is 0.0211. The van der Waals surface area contributed by atoms with Crippen molar-refractivity contribution in [2.75, 3.05) is 47.5 Å². The lowest BCUT2D eigenvalue weighted by atomic mass is 10.0. The zero-order valence-corrected chi connectivity index (χ0v) is 52.2. The van der Waals surface area contributed by atoms with E-state index in [2.05, 4.69) is 135 Å². The molecule has 0 aliphatic rings. The highest BCUT2D eigenvalue weighted by Gasteiger charge is 2.27. The second kappa shape index (κ2) is 59.0. The molecular formula is C69H119NO8P+. The fourth-order valence-electron chi connectivity index (χ4n) is 8.40. The number of nitrogens with zero attached hydrogens (tertiary/aromatic N) is 1. The fraction of sp³-hybridized carbons (Fsp3) is 0.681. The molecule has 0 aromatic carbocycles. The van der Waals surface area contributed by atoms with Crippen molar-refractivity contribution in [1.29, 1.82) is 0 Å². The minimum atomic E-state index is -4.39. The molecule has 0 fully saturated rings. The van der Waals surface area contributed by atoms with Crippen molar-refractivity contribution in [2.24, 2.45) is 0 Å². The summed E-state index contributed by atoms with van der Waals surface area (Å²) >= 11 is 0. The topological polar surface area (TPSA) is 108 Å². The molecule has 1 N–H and O–H groups in total. The first-order valence-corrected chi connectivity index (χ1v) is 33.3. The zero-order chi connectivity index (χ0) is 57.7. The van der Waals surface area contributed by atoms with E-state index in [1.54, 1.807) is 0 Å². The summed E-state index contributed by atoms with van der Waals surface area (Å²) in [5.41, 5.74) is 0. The predicted octanol–water partition coefficient (Wildman–Crippen LogP) is 20.3. The normalized spacial score (nSPS) is 14.1. The maximum absolute atomic E-state index is 12.8. The molecule has 0 aliphatic carbocycles. The molecular weight excluding hydrogens is 1000 g/mol. The minimum Gasteiger partial charge on any atom is -0.462 e. The Kier molecular flexibility index (Phi) is 56.4. The molecule has 2 atom stereocenters. The molecule has 9 nitrogen and oxygen atoms in total. The van der Waals surface area contributed by atoms with E-state index in [0.29, 0.717) is 17.4 Å². The summed E-state index contributed by atoms with van der Waals surface area (Å²) in [6.07, 6.45) is 84.2. The van der Waals surface area contributed by atoms with Crippen LogP contribution >= 0.6 is 7.82 Å². The molecule has 0 saturated heterocycles. The predicted molar refractivity (Wildman–Crippen MR) is 339 cm³/mol. The average molecular weight is 1120 g/mol. The lowest BCUT2D eigenvalue weighted by Gasteiger charge is -2.24. The van der Waals surface area contributed by atoms with Crippen LogP contribution in [0.4, 0.5) is 0 Å². The van der Waals surface area contributed by atoms with Gasteiger partial charge in [0, 0.05) is 12.8 Å². The van der Waals surface area contributed by atoms with E-state index in [-0.39, 0.29) is 32.0 Å². The Morgan fingerprint density at radius 2 is 0.722 bits per heavy atom. The van der Waals surface area contributed by atoms with Gasteiger partial charge in [-0.05, 0) is 89.9 Å². The van der Waals surface area contributed by atoms with Gasteiger partial charge in [-0.25, -0.2) is 4.57 Å². The summed E-state index contributed by atoms with van der Waals surface area (Å²) in [4.78, 5) is 35.7. The zero-order valence-electron chi connectivity index (χ0n) is 51.3. The van der Waals surface area contributed by atoms with Crippen LogP contribution in [0.25, 0.3) is 0 Å². The van der Waals surface area contributed by atoms with Gasteiger partial charge in [-0.15, -0.1) is 0 Å². The standard InChI is InChI=1S/C69H118NO8P/c1-6-8-10-12-14-16-18-20-22-24-25-26-27-28-29-30-31-32-33-34-35-36-37-38-39-40-41-42-43-44-45-46-48-50-52-54-56-58-60-62-69(72)78-67(66-77-79(73,74)76-64-63-70(3,4)5)65-75-68(71)61-59-57-55-53-51-49-47-23-21-19-17-15-13-11-9-7-2/h8,10,14,16,20,22,25-26,28-29,31-32,34-35,37-38,40-41,43-44,67H,6-7,9,11-13,15,17-19,21,23-24,27,30,33,36,39,42,45-66H2,1-5H3/p+1/b10-8-,16-14-,22-20-,26-25-,29-28-,32-31-,35-34-,38-37-,41-40-,44-43-. The molecule has 2 unspecified atom stereocenters. The van der Waals surface area contributed by atoms with Crippen molar-refractivity contribution in [3.8, 4) is 0 Å². The van der Waals surface area contributed by atoms with Crippen LogP contribution in [0.2, 0.25) is 0 Å². The van der Waals surface area contributed by atoms with Crippen LogP contribution in [0.1, 0.15) is 251 Å². The van der Waals surface area contributed by atoms with Crippen LogP contribution in [0.5, 0.6) is 0 Å². The lowest BCUT2D eigenvalue weighted by molar-refractivity contribution is -0.870. The number of likely N-dealkylation sites (N-methyl/N-ethyl adjacent to an activating group) is 1. The molecule has 452 valence electrons. The molecule has 0 rings (SSSR count). The van der Waals surface area contributed by atoms with Crippen LogP contribution in [0, 0.1) is 0 Å². The molecule has 0 amide bonds. The van der Waals surface area contributed by atoms with Gasteiger partial charge in [0.15, 0.2) is 6.10 Å². The number of phosphoric ester groups is 1. The van der Waals surface area contributed by atoms with Crippen LogP contribution in [-0.2, 0) is 32.7 Å². The largest absolute Gasteiger partial charge is 0.472 e. The van der Waals surface area contributed by atoms with Gasteiger partial charge in [-0.1, -0.05) is 270 Å². The molecule has 0 bridgehead atoms. The number of hydrogen-bond donors (Lipinski definition) is 1. The van der Waals surface area contributed by atoms with E-state index >= 15 is 0 Å². The Labute approximate surface area is 486 Å². The third-order valence-electron chi connectivity index (χ3n) is 13.3. The highest BCUT2D eigenvalue weighted by atomic mass is 31.2. The second-order valence-corrected chi connectivity index (χ2v) is 23.5. The van der Waals surface area contributed by atoms with Gasteiger partial charge in [0.05, 0.1) is 27.7 Å². The maximum atomic E-state index is 12.8. The highest BCUT2D eigenvalue weighted by Crippen LogP contribution is 2.43. The van der Waals surface area contributed by atoms with Gasteiger partial charge in [0.2, 0.25) is 0 Å². The molecule has 0 aromatic heterocycles. The summed E-state index contributed by atoms with van der Waals surface area (Å²) in [5, 5.41) is 0. The number of unbranched alkanes of at least 4 members (excludes halogenated alkanes) is 23. The lowest BCUT2D eigenvalue weighted by Crippen LogP contribution is -2.37. The molecule has 0 saturated carbocycles. The monoisotopic (exact) mass is 1120 g/mol. The van der Waals surface area contributed by atoms with E-state index in [0.717, 1.165) is 109 Å². The molecule has 0 spiro atoms. The summed E-state index contributed by atoms with van der Waals surface area (Å²) in [7, 11) is 1.46. The van der Waals surface area contributed by atoms with Crippen LogP contribution in [0.3, 0.4) is 0 Å². The third kappa shape index (κ3) is 63.5. The Morgan fingerprint density at radius 3 is 1.08 bits per heavy atom.